The normalized spacial score (nSPS) is 24.8. The molecule has 0 aromatic heterocycles. The standard InChI is InChI=1S/C22H22BrNO7/c1-30-20(26)22(21(27)31-2)17(25)12-15(13-8-4-3-5-9-13)19(24(28)29)18(22)14-10-6-7-11-16(14)23/h3-11,15,17-19,25H,12H2,1-2H3/t15-,17+,18-,19+/m0/s1. The molecule has 8 nitrogen and oxygen atoms in total. The van der Waals surface area contributed by atoms with Gasteiger partial charge in [0.15, 0.2) is 0 Å². The van der Waals surface area contributed by atoms with Gasteiger partial charge in [-0.15, -0.1) is 0 Å². The highest BCUT2D eigenvalue weighted by molar-refractivity contribution is 9.10. The first-order valence-corrected chi connectivity index (χ1v) is 10.4. The molecule has 9 heteroatoms. The molecule has 0 aliphatic heterocycles. The summed E-state index contributed by atoms with van der Waals surface area (Å²) in [6, 6.07) is 13.9. The Hall–Kier alpha value is -2.78. The molecule has 164 valence electrons. The Kier molecular flexibility index (Phi) is 6.76. The van der Waals surface area contributed by atoms with Gasteiger partial charge in [-0.05, 0) is 23.6 Å². The van der Waals surface area contributed by atoms with Gasteiger partial charge in [0.25, 0.3) is 0 Å². The molecule has 0 amide bonds. The summed E-state index contributed by atoms with van der Waals surface area (Å²) in [4.78, 5) is 38.1. The Labute approximate surface area is 187 Å². The Morgan fingerprint density at radius 3 is 2.13 bits per heavy atom. The summed E-state index contributed by atoms with van der Waals surface area (Å²) in [7, 11) is 2.14. The van der Waals surface area contributed by atoms with Gasteiger partial charge < -0.3 is 14.6 Å². The highest BCUT2D eigenvalue weighted by Gasteiger charge is 2.69. The molecule has 2 aromatic rings. The van der Waals surface area contributed by atoms with Crippen LogP contribution in [0, 0.1) is 15.5 Å². The predicted molar refractivity (Wildman–Crippen MR) is 114 cm³/mol. The number of benzene rings is 2. The van der Waals surface area contributed by atoms with Crippen molar-refractivity contribution >= 4 is 27.9 Å². The molecule has 0 saturated heterocycles. The molecule has 31 heavy (non-hydrogen) atoms. The number of carbonyl (C=O) groups excluding carboxylic acids is 2. The van der Waals surface area contributed by atoms with Gasteiger partial charge in [-0.1, -0.05) is 64.5 Å². The van der Waals surface area contributed by atoms with Gasteiger partial charge in [0, 0.05) is 9.40 Å². The Balaban J connectivity index is 2.36. The van der Waals surface area contributed by atoms with Gasteiger partial charge >= 0.3 is 11.9 Å². The minimum Gasteiger partial charge on any atom is -0.468 e. The van der Waals surface area contributed by atoms with Crippen LogP contribution >= 0.6 is 15.9 Å². The summed E-state index contributed by atoms with van der Waals surface area (Å²) in [5, 5.41) is 23.7. The monoisotopic (exact) mass is 491 g/mol. The zero-order valence-electron chi connectivity index (χ0n) is 16.9. The van der Waals surface area contributed by atoms with E-state index in [2.05, 4.69) is 15.9 Å². The zero-order valence-corrected chi connectivity index (χ0v) is 18.5. The molecule has 1 aliphatic rings. The lowest BCUT2D eigenvalue weighted by Gasteiger charge is -2.46. The van der Waals surface area contributed by atoms with Crippen LogP contribution in [0.5, 0.6) is 0 Å². The number of aliphatic hydroxyl groups is 1. The SMILES string of the molecule is COC(=O)C1(C(=O)OC)[C@H](O)C[C@@H](c2ccccc2)[C@@H]([N+](=O)[O-])[C@@H]1c1ccccc1Br. The van der Waals surface area contributed by atoms with E-state index >= 15 is 0 Å². The molecule has 1 aliphatic carbocycles. The number of carbonyl (C=O) groups is 2. The summed E-state index contributed by atoms with van der Waals surface area (Å²) in [6.45, 7) is 0. The van der Waals surface area contributed by atoms with Crippen molar-refractivity contribution in [1.82, 2.24) is 0 Å². The third kappa shape index (κ3) is 3.72. The van der Waals surface area contributed by atoms with E-state index < -0.39 is 46.3 Å². The molecule has 3 rings (SSSR count). The van der Waals surface area contributed by atoms with Crippen LogP contribution in [0.3, 0.4) is 0 Å². The number of nitro groups is 1. The van der Waals surface area contributed by atoms with E-state index in [9.17, 15) is 24.8 Å². The third-order valence-electron chi connectivity index (χ3n) is 6.00. The summed E-state index contributed by atoms with van der Waals surface area (Å²) in [5.74, 6) is -4.27. The Morgan fingerprint density at radius 2 is 1.61 bits per heavy atom. The van der Waals surface area contributed by atoms with E-state index in [0.717, 1.165) is 14.2 Å². The Morgan fingerprint density at radius 1 is 1.06 bits per heavy atom. The molecule has 2 aromatic carbocycles. The first-order chi connectivity index (χ1) is 14.8. The van der Waals surface area contributed by atoms with Crippen molar-refractivity contribution in [1.29, 1.82) is 0 Å². The number of halogens is 1. The minimum absolute atomic E-state index is 0.194. The van der Waals surface area contributed by atoms with Crippen molar-refractivity contribution in [2.24, 2.45) is 5.41 Å². The molecular formula is C22H22BrNO7. The molecule has 1 saturated carbocycles. The predicted octanol–water partition coefficient (Wildman–Crippen LogP) is 3.06. The number of methoxy groups -OCH3 is 2. The van der Waals surface area contributed by atoms with E-state index in [0.29, 0.717) is 15.6 Å². The number of hydrogen-bond acceptors (Lipinski definition) is 7. The maximum Gasteiger partial charge on any atom is 0.326 e. The van der Waals surface area contributed by atoms with Crippen molar-refractivity contribution in [3.05, 3.63) is 80.3 Å². The van der Waals surface area contributed by atoms with Crippen molar-refractivity contribution in [3.63, 3.8) is 0 Å². The molecule has 0 bridgehead atoms. The van der Waals surface area contributed by atoms with Crippen molar-refractivity contribution in [2.75, 3.05) is 14.2 Å². The summed E-state index contributed by atoms with van der Waals surface area (Å²) in [6.07, 6.45) is -1.77. The maximum atomic E-state index is 13.1. The van der Waals surface area contributed by atoms with Crippen LogP contribution in [0.1, 0.15) is 29.4 Å². The molecule has 1 fully saturated rings. The van der Waals surface area contributed by atoms with Crippen molar-refractivity contribution < 1.29 is 29.1 Å². The van der Waals surface area contributed by atoms with Gasteiger partial charge in [-0.25, -0.2) is 0 Å². The summed E-state index contributed by atoms with van der Waals surface area (Å²) in [5.41, 5.74) is -1.35. The quantitative estimate of drug-likeness (QED) is 0.295. The second-order valence-electron chi connectivity index (χ2n) is 7.40. The summed E-state index contributed by atoms with van der Waals surface area (Å²) >= 11 is 3.39. The van der Waals surface area contributed by atoms with Crippen LogP contribution in [-0.4, -0.2) is 48.3 Å². The van der Waals surface area contributed by atoms with Gasteiger partial charge in [-0.3, -0.25) is 19.7 Å². The van der Waals surface area contributed by atoms with E-state index in [1.54, 1.807) is 54.6 Å². The fourth-order valence-electron chi connectivity index (χ4n) is 4.68. The Bertz CT molecular complexity index is 965. The third-order valence-corrected chi connectivity index (χ3v) is 6.73. The number of nitrogens with zero attached hydrogens (tertiary/aromatic N) is 1. The van der Waals surface area contributed by atoms with Crippen molar-refractivity contribution in [3.8, 4) is 0 Å². The van der Waals surface area contributed by atoms with Crippen LogP contribution < -0.4 is 0 Å². The number of aliphatic hydroxyl groups excluding tert-OH is 1. The van der Waals surface area contributed by atoms with Gasteiger partial charge in [0.05, 0.1) is 32.2 Å². The van der Waals surface area contributed by atoms with Crippen LogP contribution in [0.25, 0.3) is 0 Å². The largest absolute Gasteiger partial charge is 0.468 e. The van der Waals surface area contributed by atoms with Crippen LogP contribution in [-0.2, 0) is 19.1 Å². The molecule has 0 spiro atoms. The number of esters is 2. The topological polar surface area (TPSA) is 116 Å². The molecule has 0 heterocycles. The van der Waals surface area contributed by atoms with Gasteiger partial charge in [0.1, 0.15) is 0 Å². The van der Waals surface area contributed by atoms with E-state index in [4.69, 9.17) is 9.47 Å². The fraction of sp³-hybridized carbons (Fsp3) is 0.364. The second kappa shape index (κ2) is 9.15. The molecule has 0 unspecified atom stereocenters. The minimum atomic E-state index is -2.31. The van der Waals surface area contributed by atoms with E-state index in [1.807, 2.05) is 0 Å². The van der Waals surface area contributed by atoms with Crippen molar-refractivity contribution in [2.45, 2.75) is 30.4 Å². The first kappa shape index (κ1) is 22.9. The highest BCUT2D eigenvalue weighted by Crippen LogP contribution is 2.55. The maximum absolute atomic E-state index is 13.1. The van der Waals surface area contributed by atoms with E-state index in [-0.39, 0.29) is 6.42 Å². The molecular weight excluding hydrogens is 470 g/mol. The molecule has 0 radical (unpaired) electrons. The average molecular weight is 492 g/mol. The molecule has 4 atom stereocenters. The van der Waals surface area contributed by atoms with Crippen LogP contribution in [0.2, 0.25) is 0 Å². The zero-order chi connectivity index (χ0) is 22.8. The smallest absolute Gasteiger partial charge is 0.326 e. The second-order valence-corrected chi connectivity index (χ2v) is 8.25. The summed E-state index contributed by atoms with van der Waals surface area (Å²) < 4.78 is 10.3. The molecule has 1 N–H and O–H groups in total. The number of ether oxygens (including phenoxy) is 2. The van der Waals surface area contributed by atoms with Crippen LogP contribution in [0.4, 0.5) is 0 Å². The first-order valence-electron chi connectivity index (χ1n) is 9.58. The lowest BCUT2D eigenvalue weighted by atomic mass is 9.56. The number of rotatable bonds is 5. The number of hydrogen-bond donors (Lipinski definition) is 1. The van der Waals surface area contributed by atoms with Gasteiger partial charge in [-0.2, -0.15) is 0 Å². The highest BCUT2D eigenvalue weighted by atomic mass is 79.9. The van der Waals surface area contributed by atoms with Gasteiger partial charge in [0.2, 0.25) is 11.5 Å². The lowest BCUT2D eigenvalue weighted by Crippen LogP contribution is -2.62. The van der Waals surface area contributed by atoms with Crippen LogP contribution in [0.15, 0.2) is 59.1 Å². The fourth-order valence-corrected chi connectivity index (χ4v) is 5.21. The van der Waals surface area contributed by atoms with E-state index in [1.165, 1.54) is 0 Å². The lowest BCUT2D eigenvalue weighted by molar-refractivity contribution is -0.538. The average Bonchev–Trinajstić information content (AvgIpc) is 2.78.